The number of aliphatic imine (C=N–C) groups is 1. The number of fused-ring (bicyclic) bond motifs is 1. The Kier molecular flexibility index (Phi) is 9.12. The number of hydrogen-bond donors (Lipinski definition) is 1. The number of rotatable bonds is 5. The molecule has 5 nitrogen and oxygen atoms in total. The number of morpholine rings is 1. The van der Waals surface area contributed by atoms with E-state index >= 15 is 0 Å². The lowest BCUT2D eigenvalue weighted by Crippen LogP contribution is -2.47. The number of guanidine groups is 1. The standard InChI is InChI=1S/C19H29BrN4O.HI/c1-3-21-19(23(2)12-15-7-4-5-9-18(15)20)22-11-17-13-24-10-6-8-16(24)14-25-17;/h4-5,7,9,16-17H,3,6,8,10-14H2,1-2H3,(H,21,22);1H. The van der Waals surface area contributed by atoms with Gasteiger partial charge in [0, 0.05) is 37.2 Å². The minimum Gasteiger partial charge on any atom is -0.373 e. The van der Waals surface area contributed by atoms with Crippen LogP contribution < -0.4 is 5.32 Å². The van der Waals surface area contributed by atoms with Gasteiger partial charge in [-0.3, -0.25) is 9.89 Å². The fourth-order valence-corrected chi connectivity index (χ4v) is 4.02. The van der Waals surface area contributed by atoms with Crippen molar-refractivity contribution in [3.63, 3.8) is 0 Å². The Morgan fingerprint density at radius 2 is 2.23 bits per heavy atom. The number of hydrogen-bond acceptors (Lipinski definition) is 3. The average Bonchev–Trinajstić information content (AvgIpc) is 3.08. The van der Waals surface area contributed by atoms with Gasteiger partial charge in [0.1, 0.15) is 0 Å². The molecular weight excluding hydrogens is 507 g/mol. The molecule has 26 heavy (non-hydrogen) atoms. The van der Waals surface area contributed by atoms with Gasteiger partial charge in [0.25, 0.3) is 0 Å². The van der Waals surface area contributed by atoms with Gasteiger partial charge in [0.05, 0.1) is 19.3 Å². The van der Waals surface area contributed by atoms with E-state index in [2.05, 4.69) is 63.2 Å². The summed E-state index contributed by atoms with van der Waals surface area (Å²) >= 11 is 3.63. The van der Waals surface area contributed by atoms with Gasteiger partial charge in [-0.1, -0.05) is 34.1 Å². The molecule has 2 saturated heterocycles. The van der Waals surface area contributed by atoms with Crippen LogP contribution in [0.1, 0.15) is 25.3 Å². The number of nitrogens with one attached hydrogen (secondary N) is 1. The van der Waals surface area contributed by atoms with E-state index in [1.54, 1.807) is 0 Å². The van der Waals surface area contributed by atoms with Gasteiger partial charge in [0.2, 0.25) is 0 Å². The SMILES string of the molecule is CCNC(=NCC1CN2CCCC2CO1)N(C)Cc1ccccc1Br.I. The van der Waals surface area contributed by atoms with Crippen LogP contribution in [0.4, 0.5) is 0 Å². The molecule has 3 rings (SSSR count). The lowest BCUT2D eigenvalue weighted by molar-refractivity contribution is -0.0432. The van der Waals surface area contributed by atoms with Crippen LogP contribution in [0.5, 0.6) is 0 Å². The maximum absolute atomic E-state index is 6.04. The number of halogens is 2. The zero-order chi connectivity index (χ0) is 17.6. The second-order valence-corrected chi connectivity index (χ2v) is 7.74. The van der Waals surface area contributed by atoms with Gasteiger partial charge in [-0.25, -0.2) is 0 Å². The normalized spacial score (nSPS) is 23.3. The van der Waals surface area contributed by atoms with Crippen molar-refractivity contribution < 1.29 is 4.74 Å². The van der Waals surface area contributed by atoms with E-state index in [4.69, 9.17) is 9.73 Å². The minimum atomic E-state index is 0. The molecular formula is C19H30BrIN4O. The summed E-state index contributed by atoms with van der Waals surface area (Å²) in [5.74, 6) is 0.936. The van der Waals surface area contributed by atoms with Crippen LogP contribution in [0.3, 0.4) is 0 Å². The van der Waals surface area contributed by atoms with Crippen LogP contribution in [0, 0.1) is 0 Å². The predicted molar refractivity (Wildman–Crippen MR) is 121 cm³/mol. The molecule has 2 heterocycles. The molecule has 0 radical (unpaired) electrons. The van der Waals surface area contributed by atoms with Gasteiger partial charge < -0.3 is 15.0 Å². The predicted octanol–water partition coefficient (Wildman–Crippen LogP) is 3.33. The third-order valence-corrected chi connectivity index (χ3v) is 5.74. The van der Waals surface area contributed by atoms with E-state index in [0.29, 0.717) is 12.6 Å². The Labute approximate surface area is 182 Å². The summed E-state index contributed by atoms with van der Waals surface area (Å²) in [5, 5.41) is 3.40. The molecule has 2 aliphatic heterocycles. The second kappa shape index (κ2) is 10.8. The number of ether oxygens (including phenoxy) is 1. The van der Waals surface area contributed by atoms with Gasteiger partial charge in [-0.2, -0.15) is 0 Å². The zero-order valence-electron chi connectivity index (χ0n) is 15.7. The fraction of sp³-hybridized carbons (Fsp3) is 0.632. The van der Waals surface area contributed by atoms with Crippen molar-refractivity contribution in [1.29, 1.82) is 0 Å². The van der Waals surface area contributed by atoms with Crippen LogP contribution >= 0.6 is 39.9 Å². The van der Waals surface area contributed by atoms with Gasteiger partial charge in [-0.15, -0.1) is 24.0 Å². The van der Waals surface area contributed by atoms with E-state index in [-0.39, 0.29) is 30.1 Å². The molecule has 0 saturated carbocycles. The Hall–Kier alpha value is -0.380. The van der Waals surface area contributed by atoms with Gasteiger partial charge >= 0.3 is 0 Å². The Balaban J connectivity index is 0.00000243. The van der Waals surface area contributed by atoms with E-state index in [1.165, 1.54) is 24.9 Å². The highest BCUT2D eigenvalue weighted by molar-refractivity contribution is 14.0. The van der Waals surface area contributed by atoms with Crippen molar-refractivity contribution in [2.75, 3.05) is 39.8 Å². The second-order valence-electron chi connectivity index (χ2n) is 6.89. The monoisotopic (exact) mass is 536 g/mol. The number of benzene rings is 1. The fourth-order valence-electron chi connectivity index (χ4n) is 3.61. The highest BCUT2D eigenvalue weighted by Gasteiger charge is 2.32. The third-order valence-electron chi connectivity index (χ3n) is 4.97. The largest absolute Gasteiger partial charge is 0.373 e. The van der Waals surface area contributed by atoms with Crippen LogP contribution in [0.2, 0.25) is 0 Å². The molecule has 0 spiro atoms. The van der Waals surface area contributed by atoms with Gasteiger partial charge in [0.15, 0.2) is 5.96 Å². The highest BCUT2D eigenvalue weighted by Crippen LogP contribution is 2.22. The molecule has 2 atom stereocenters. The molecule has 1 aromatic rings. The molecule has 7 heteroatoms. The maximum Gasteiger partial charge on any atom is 0.194 e. The molecule has 0 aliphatic carbocycles. The summed E-state index contributed by atoms with van der Waals surface area (Å²) in [7, 11) is 2.08. The smallest absolute Gasteiger partial charge is 0.194 e. The van der Waals surface area contributed by atoms with E-state index < -0.39 is 0 Å². The summed E-state index contributed by atoms with van der Waals surface area (Å²) in [6, 6.07) is 8.98. The van der Waals surface area contributed by atoms with Gasteiger partial charge in [-0.05, 0) is 37.9 Å². The van der Waals surface area contributed by atoms with Crippen molar-refractivity contribution in [2.24, 2.45) is 4.99 Å². The molecule has 1 N–H and O–H groups in total. The van der Waals surface area contributed by atoms with Crippen LogP contribution in [-0.2, 0) is 11.3 Å². The maximum atomic E-state index is 6.04. The zero-order valence-corrected chi connectivity index (χ0v) is 19.6. The van der Waals surface area contributed by atoms with Crippen molar-refractivity contribution in [3.05, 3.63) is 34.3 Å². The van der Waals surface area contributed by atoms with Crippen molar-refractivity contribution >= 4 is 45.9 Å². The summed E-state index contributed by atoms with van der Waals surface area (Å²) in [6.07, 6.45) is 2.80. The summed E-state index contributed by atoms with van der Waals surface area (Å²) in [6.45, 7) is 7.59. The topological polar surface area (TPSA) is 40.1 Å². The van der Waals surface area contributed by atoms with E-state index in [0.717, 1.165) is 36.7 Å². The molecule has 146 valence electrons. The molecule has 2 fully saturated rings. The van der Waals surface area contributed by atoms with E-state index in [9.17, 15) is 0 Å². The average molecular weight is 537 g/mol. The Morgan fingerprint density at radius 1 is 1.42 bits per heavy atom. The quantitative estimate of drug-likeness (QED) is 0.356. The van der Waals surface area contributed by atoms with Crippen molar-refractivity contribution in [1.82, 2.24) is 15.1 Å². The lowest BCUT2D eigenvalue weighted by Gasteiger charge is -2.34. The van der Waals surface area contributed by atoms with E-state index in [1.807, 2.05) is 6.07 Å². The lowest BCUT2D eigenvalue weighted by atomic mass is 10.2. The number of nitrogens with zero attached hydrogens (tertiary/aromatic N) is 3. The molecule has 2 unspecified atom stereocenters. The van der Waals surface area contributed by atoms with Crippen LogP contribution in [-0.4, -0.2) is 67.7 Å². The molecule has 0 bridgehead atoms. The molecule has 2 aliphatic rings. The third kappa shape index (κ3) is 5.81. The Bertz CT molecular complexity index is 601. The van der Waals surface area contributed by atoms with Crippen molar-refractivity contribution in [2.45, 2.75) is 38.5 Å². The van der Waals surface area contributed by atoms with Crippen molar-refractivity contribution in [3.8, 4) is 0 Å². The first kappa shape index (κ1) is 21.9. The van der Waals surface area contributed by atoms with Crippen LogP contribution in [0.25, 0.3) is 0 Å². The first-order chi connectivity index (χ1) is 12.2. The minimum absolute atomic E-state index is 0. The molecule has 1 aromatic carbocycles. The highest BCUT2D eigenvalue weighted by atomic mass is 127. The first-order valence-electron chi connectivity index (χ1n) is 9.26. The summed E-state index contributed by atoms with van der Waals surface area (Å²) in [5.41, 5.74) is 1.25. The summed E-state index contributed by atoms with van der Waals surface area (Å²) in [4.78, 5) is 9.58. The first-order valence-corrected chi connectivity index (χ1v) is 10.0. The molecule has 0 aromatic heterocycles. The molecule has 0 amide bonds. The Morgan fingerprint density at radius 3 is 3.00 bits per heavy atom. The van der Waals surface area contributed by atoms with Crippen LogP contribution in [0.15, 0.2) is 33.7 Å². The summed E-state index contributed by atoms with van der Waals surface area (Å²) < 4.78 is 7.17.